The molecular weight excluding hydrogens is 352 g/mol. The van der Waals surface area contributed by atoms with Crippen molar-refractivity contribution >= 4 is 17.5 Å². The first-order valence-corrected chi connectivity index (χ1v) is 10.0. The average molecular weight is 380 g/mol. The lowest BCUT2D eigenvalue weighted by atomic mass is 10.1. The summed E-state index contributed by atoms with van der Waals surface area (Å²) in [5.41, 5.74) is 2.98. The number of para-hydroxylation sites is 1. The summed E-state index contributed by atoms with van der Waals surface area (Å²) in [5, 5.41) is 2.92. The van der Waals surface area contributed by atoms with Gasteiger partial charge in [-0.3, -0.25) is 9.59 Å². The minimum absolute atomic E-state index is 0.00804. The highest BCUT2D eigenvalue weighted by Crippen LogP contribution is 2.26. The fraction of sp³-hybridized carbons (Fsp3) is 0.391. The van der Waals surface area contributed by atoms with Crippen LogP contribution in [0.5, 0.6) is 5.75 Å². The number of carbonyl (C=O) groups is 2. The first-order valence-electron chi connectivity index (χ1n) is 10.0. The second kappa shape index (κ2) is 9.93. The maximum absolute atomic E-state index is 12.5. The van der Waals surface area contributed by atoms with Crippen molar-refractivity contribution in [2.24, 2.45) is 0 Å². The Bertz CT molecular complexity index is 802. The molecule has 28 heavy (non-hydrogen) atoms. The van der Waals surface area contributed by atoms with Gasteiger partial charge in [0.25, 0.3) is 0 Å². The molecule has 0 bridgehead atoms. The Hall–Kier alpha value is -2.82. The van der Waals surface area contributed by atoms with Crippen molar-refractivity contribution in [3.05, 3.63) is 59.7 Å². The summed E-state index contributed by atoms with van der Waals surface area (Å²) in [6.45, 7) is 3.33. The molecule has 0 spiro atoms. The second-order valence-corrected chi connectivity index (χ2v) is 7.08. The molecule has 2 aromatic carbocycles. The van der Waals surface area contributed by atoms with E-state index in [9.17, 15) is 9.59 Å². The van der Waals surface area contributed by atoms with Crippen LogP contribution in [-0.4, -0.2) is 25.0 Å². The van der Waals surface area contributed by atoms with Gasteiger partial charge in [-0.1, -0.05) is 43.7 Å². The molecule has 148 valence electrons. The Morgan fingerprint density at radius 1 is 1.11 bits per heavy atom. The molecular formula is C23H28N2O3. The van der Waals surface area contributed by atoms with Gasteiger partial charge in [0.1, 0.15) is 12.3 Å². The topological polar surface area (TPSA) is 58.6 Å². The van der Waals surface area contributed by atoms with E-state index >= 15 is 0 Å². The van der Waals surface area contributed by atoms with E-state index in [1.54, 1.807) is 4.90 Å². The van der Waals surface area contributed by atoms with E-state index in [-0.39, 0.29) is 18.4 Å². The number of unbranched alkanes of at least 4 members (excludes halogenated alkanes) is 1. The Morgan fingerprint density at radius 3 is 2.68 bits per heavy atom. The number of hydrogen-bond donors (Lipinski definition) is 1. The summed E-state index contributed by atoms with van der Waals surface area (Å²) in [4.78, 5) is 26.5. The molecule has 5 heteroatoms. The number of aryl methyl sites for hydroxylation is 1. The molecule has 5 nitrogen and oxygen atoms in total. The molecule has 0 aliphatic carbocycles. The molecule has 0 fully saturated rings. The predicted octanol–water partition coefficient (Wildman–Crippen LogP) is 3.85. The highest BCUT2D eigenvalue weighted by Gasteiger charge is 2.23. The van der Waals surface area contributed by atoms with Gasteiger partial charge >= 0.3 is 0 Å². The number of benzene rings is 2. The third-order valence-corrected chi connectivity index (χ3v) is 4.90. The van der Waals surface area contributed by atoms with Crippen molar-refractivity contribution in [2.45, 2.75) is 45.6 Å². The lowest BCUT2D eigenvalue weighted by molar-refractivity contribution is -0.123. The third kappa shape index (κ3) is 5.35. The number of hydrogen-bond acceptors (Lipinski definition) is 3. The number of carbonyl (C=O) groups excluding carboxylic acids is 2. The summed E-state index contributed by atoms with van der Waals surface area (Å²) >= 11 is 0. The van der Waals surface area contributed by atoms with E-state index in [1.807, 2.05) is 48.5 Å². The van der Waals surface area contributed by atoms with Crippen molar-refractivity contribution in [3.8, 4) is 5.75 Å². The summed E-state index contributed by atoms with van der Waals surface area (Å²) in [6, 6.07) is 15.6. The zero-order chi connectivity index (χ0) is 19.8. The largest absolute Gasteiger partial charge is 0.494 e. The molecule has 0 saturated carbocycles. The smallest absolute Gasteiger partial charge is 0.240 e. The van der Waals surface area contributed by atoms with E-state index in [0.717, 1.165) is 54.9 Å². The minimum Gasteiger partial charge on any atom is -0.494 e. The standard InChI is InChI=1S/C23H28N2O3/c1-2-3-15-28-20-13-11-18(12-14-20)16-24-22(26)17-25-21-9-5-4-7-19(21)8-6-10-23(25)27/h4-5,7,9,11-14H,2-3,6,8,10,15-17H2,1H3,(H,24,26). The number of anilines is 1. The highest BCUT2D eigenvalue weighted by molar-refractivity contribution is 5.99. The summed E-state index contributed by atoms with van der Waals surface area (Å²) in [7, 11) is 0. The molecule has 0 saturated heterocycles. The van der Waals surface area contributed by atoms with Gasteiger partial charge in [0.2, 0.25) is 11.8 Å². The average Bonchev–Trinajstić information content (AvgIpc) is 2.87. The number of rotatable bonds is 8. The lowest BCUT2D eigenvalue weighted by Crippen LogP contribution is -2.40. The van der Waals surface area contributed by atoms with Crippen LogP contribution < -0.4 is 15.0 Å². The molecule has 1 aliphatic rings. The van der Waals surface area contributed by atoms with E-state index < -0.39 is 0 Å². The van der Waals surface area contributed by atoms with E-state index in [1.165, 1.54) is 0 Å². The van der Waals surface area contributed by atoms with Crippen molar-refractivity contribution < 1.29 is 14.3 Å². The van der Waals surface area contributed by atoms with Gasteiger partial charge in [-0.15, -0.1) is 0 Å². The van der Waals surface area contributed by atoms with Crippen LogP contribution >= 0.6 is 0 Å². The monoisotopic (exact) mass is 380 g/mol. The van der Waals surface area contributed by atoms with Gasteiger partial charge in [-0.25, -0.2) is 0 Å². The zero-order valence-corrected chi connectivity index (χ0v) is 16.4. The Morgan fingerprint density at radius 2 is 1.89 bits per heavy atom. The van der Waals surface area contributed by atoms with E-state index in [2.05, 4.69) is 12.2 Å². The maximum Gasteiger partial charge on any atom is 0.240 e. The van der Waals surface area contributed by atoms with Crippen LogP contribution in [0.25, 0.3) is 0 Å². The first kappa shape index (κ1) is 19.9. The number of amides is 2. The van der Waals surface area contributed by atoms with Crippen LogP contribution in [0, 0.1) is 0 Å². The van der Waals surface area contributed by atoms with E-state index in [4.69, 9.17) is 4.74 Å². The third-order valence-electron chi connectivity index (χ3n) is 4.90. The van der Waals surface area contributed by atoms with Gasteiger partial charge in [-0.2, -0.15) is 0 Å². The summed E-state index contributed by atoms with van der Waals surface area (Å²) < 4.78 is 5.65. The maximum atomic E-state index is 12.5. The van der Waals surface area contributed by atoms with Crippen LogP contribution in [0.3, 0.4) is 0 Å². The van der Waals surface area contributed by atoms with Gasteiger partial charge in [0.15, 0.2) is 0 Å². The zero-order valence-electron chi connectivity index (χ0n) is 16.4. The Balaban J connectivity index is 1.55. The van der Waals surface area contributed by atoms with E-state index in [0.29, 0.717) is 13.0 Å². The predicted molar refractivity (Wildman–Crippen MR) is 110 cm³/mol. The molecule has 1 N–H and O–H groups in total. The van der Waals surface area contributed by atoms with Crippen LogP contribution in [0.2, 0.25) is 0 Å². The van der Waals surface area contributed by atoms with Crippen molar-refractivity contribution in [3.63, 3.8) is 0 Å². The fourth-order valence-corrected chi connectivity index (χ4v) is 3.30. The van der Waals surface area contributed by atoms with Crippen LogP contribution in [0.15, 0.2) is 48.5 Å². The second-order valence-electron chi connectivity index (χ2n) is 7.08. The normalized spacial score (nSPS) is 13.6. The van der Waals surface area contributed by atoms with Crippen molar-refractivity contribution in [1.29, 1.82) is 0 Å². The Kier molecular flexibility index (Phi) is 7.06. The van der Waals surface area contributed by atoms with Gasteiger partial charge < -0.3 is 15.0 Å². The lowest BCUT2D eigenvalue weighted by Gasteiger charge is -2.22. The van der Waals surface area contributed by atoms with Crippen LogP contribution in [0.1, 0.15) is 43.7 Å². The molecule has 0 atom stereocenters. The fourth-order valence-electron chi connectivity index (χ4n) is 3.30. The molecule has 1 aliphatic heterocycles. The van der Waals surface area contributed by atoms with Crippen molar-refractivity contribution in [1.82, 2.24) is 5.32 Å². The molecule has 0 radical (unpaired) electrons. The highest BCUT2D eigenvalue weighted by atomic mass is 16.5. The van der Waals surface area contributed by atoms with Gasteiger partial charge in [-0.05, 0) is 48.6 Å². The first-order chi connectivity index (χ1) is 13.7. The quantitative estimate of drug-likeness (QED) is 0.708. The van der Waals surface area contributed by atoms with Gasteiger partial charge in [0, 0.05) is 18.7 Å². The molecule has 0 aromatic heterocycles. The molecule has 2 aromatic rings. The minimum atomic E-state index is -0.159. The molecule has 2 amide bonds. The van der Waals surface area contributed by atoms with Crippen LogP contribution in [0.4, 0.5) is 5.69 Å². The number of nitrogens with zero attached hydrogens (tertiary/aromatic N) is 1. The van der Waals surface area contributed by atoms with Crippen LogP contribution in [-0.2, 0) is 22.6 Å². The molecule has 0 unspecified atom stereocenters. The number of fused-ring (bicyclic) bond motifs is 1. The SMILES string of the molecule is CCCCOc1ccc(CNC(=O)CN2C(=O)CCCc3ccccc32)cc1. The molecule has 1 heterocycles. The van der Waals surface area contributed by atoms with Gasteiger partial charge in [0.05, 0.1) is 6.61 Å². The number of ether oxygens (including phenoxy) is 1. The Labute approximate surface area is 166 Å². The van der Waals surface area contributed by atoms with Crippen molar-refractivity contribution in [2.75, 3.05) is 18.1 Å². The summed E-state index contributed by atoms with van der Waals surface area (Å²) in [5.74, 6) is 0.692. The summed E-state index contributed by atoms with van der Waals surface area (Å²) in [6.07, 6.45) is 4.30. The molecule has 3 rings (SSSR count). The number of nitrogens with one attached hydrogen (secondary N) is 1.